The number of hydrogen-bond donors (Lipinski definition) is 1. The molecule has 0 saturated heterocycles. The third kappa shape index (κ3) is 6.40. The van der Waals surface area contributed by atoms with Crippen molar-refractivity contribution >= 4 is 28.8 Å². The molecule has 20 heavy (non-hydrogen) atoms. The summed E-state index contributed by atoms with van der Waals surface area (Å²) in [4.78, 5) is 0.157. The van der Waals surface area contributed by atoms with Crippen molar-refractivity contribution < 1.29 is 22.6 Å². The van der Waals surface area contributed by atoms with Gasteiger partial charge < -0.3 is 15.2 Å². The lowest BCUT2D eigenvalue weighted by molar-refractivity contribution is -0.174. The number of rotatable bonds is 7. The molecule has 1 rings (SSSR count). The van der Waals surface area contributed by atoms with E-state index in [4.69, 9.17) is 34.3 Å². The molecule has 0 aliphatic heterocycles. The molecule has 0 heterocycles. The van der Waals surface area contributed by atoms with Crippen LogP contribution < -0.4 is 10.5 Å². The molecular weight excluding hydrogens is 315 g/mol. The van der Waals surface area contributed by atoms with Crippen molar-refractivity contribution in [3.63, 3.8) is 0 Å². The minimum atomic E-state index is -4.31. The SMILES string of the molecule is NC(=S)c1ccc(Cl)cc1OCCCOCC(F)(F)F. The van der Waals surface area contributed by atoms with Gasteiger partial charge in [0.1, 0.15) is 17.3 Å². The van der Waals surface area contributed by atoms with E-state index in [1.165, 1.54) is 0 Å². The van der Waals surface area contributed by atoms with Crippen LogP contribution in [0.2, 0.25) is 5.02 Å². The lowest BCUT2D eigenvalue weighted by atomic mass is 10.2. The van der Waals surface area contributed by atoms with Crippen LogP contribution in [-0.2, 0) is 4.74 Å². The van der Waals surface area contributed by atoms with Crippen LogP contribution in [0.5, 0.6) is 5.75 Å². The van der Waals surface area contributed by atoms with Crippen molar-refractivity contribution in [2.24, 2.45) is 5.73 Å². The molecule has 0 unspecified atom stereocenters. The van der Waals surface area contributed by atoms with Crippen molar-refractivity contribution in [1.29, 1.82) is 0 Å². The first kappa shape index (κ1) is 17.0. The molecule has 2 N–H and O–H groups in total. The molecule has 0 amide bonds. The highest BCUT2D eigenvalue weighted by atomic mass is 35.5. The highest BCUT2D eigenvalue weighted by Gasteiger charge is 2.27. The van der Waals surface area contributed by atoms with E-state index in [-0.39, 0.29) is 18.2 Å². The highest BCUT2D eigenvalue weighted by Crippen LogP contribution is 2.23. The number of alkyl halides is 3. The monoisotopic (exact) mass is 327 g/mol. The van der Waals surface area contributed by atoms with E-state index in [2.05, 4.69) is 4.74 Å². The third-order valence-electron chi connectivity index (χ3n) is 2.17. The number of nitrogens with two attached hydrogens (primary N) is 1. The molecule has 8 heteroatoms. The maximum atomic E-state index is 11.8. The summed E-state index contributed by atoms with van der Waals surface area (Å²) in [5, 5.41) is 0.452. The van der Waals surface area contributed by atoms with Gasteiger partial charge in [-0.05, 0) is 18.2 Å². The van der Waals surface area contributed by atoms with Crippen LogP contribution >= 0.6 is 23.8 Å². The smallest absolute Gasteiger partial charge is 0.411 e. The fourth-order valence-corrected chi connectivity index (χ4v) is 1.68. The van der Waals surface area contributed by atoms with E-state index in [0.717, 1.165) is 0 Å². The summed E-state index contributed by atoms with van der Waals surface area (Å²) in [6.45, 7) is -1.14. The van der Waals surface area contributed by atoms with Gasteiger partial charge in [-0.1, -0.05) is 23.8 Å². The summed E-state index contributed by atoms with van der Waals surface area (Å²) in [5.41, 5.74) is 6.05. The molecule has 1 aromatic rings. The maximum Gasteiger partial charge on any atom is 0.411 e. The van der Waals surface area contributed by atoms with Crippen LogP contribution in [0.3, 0.4) is 0 Å². The molecule has 0 bridgehead atoms. The lowest BCUT2D eigenvalue weighted by Crippen LogP contribution is -2.18. The van der Waals surface area contributed by atoms with Crippen molar-refractivity contribution in [2.45, 2.75) is 12.6 Å². The quantitative estimate of drug-likeness (QED) is 0.616. The molecule has 0 fully saturated rings. The molecule has 0 aliphatic rings. The minimum absolute atomic E-state index is 0.0531. The molecular formula is C12H13ClF3NO2S. The van der Waals surface area contributed by atoms with Crippen LogP contribution in [0.15, 0.2) is 18.2 Å². The van der Waals surface area contributed by atoms with Gasteiger partial charge in [0.15, 0.2) is 0 Å². The Morgan fingerprint density at radius 3 is 2.60 bits per heavy atom. The van der Waals surface area contributed by atoms with Gasteiger partial charge in [-0.15, -0.1) is 0 Å². The van der Waals surface area contributed by atoms with Crippen molar-refractivity contribution in [1.82, 2.24) is 0 Å². The number of thiocarbonyl (C=S) groups is 1. The predicted molar refractivity (Wildman–Crippen MR) is 74.3 cm³/mol. The molecule has 0 radical (unpaired) electrons. The fraction of sp³-hybridized carbons (Fsp3) is 0.417. The van der Waals surface area contributed by atoms with Gasteiger partial charge >= 0.3 is 6.18 Å². The summed E-state index contributed by atoms with van der Waals surface area (Å²) in [5.74, 6) is 0.404. The zero-order valence-electron chi connectivity index (χ0n) is 10.4. The first-order valence-electron chi connectivity index (χ1n) is 5.66. The Kier molecular flexibility index (Phi) is 6.51. The largest absolute Gasteiger partial charge is 0.493 e. The van der Waals surface area contributed by atoms with Crippen LogP contribution in [-0.4, -0.2) is 31.0 Å². The lowest BCUT2D eigenvalue weighted by Gasteiger charge is -2.11. The first-order valence-corrected chi connectivity index (χ1v) is 6.45. The Morgan fingerprint density at radius 2 is 2.00 bits per heavy atom. The molecule has 1 aromatic carbocycles. The number of hydrogen-bond acceptors (Lipinski definition) is 3. The zero-order chi connectivity index (χ0) is 15.2. The minimum Gasteiger partial charge on any atom is -0.493 e. The molecule has 0 aliphatic carbocycles. The van der Waals surface area contributed by atoms with Crippen LogP contribution in [0.4, 0.5) is 13.2 Å². The maximum absolute atomic E-state index is 11.8. The second-order valence-electron chi connectivity index (χ2n) is 3.87. The van der Waals surface area contributed by atoms with E-state index < -0.39 is 12.8 Å². The number of halogens is 4. The molecule has 0 aromatic heterocycles. The van der Waals surface area contributed by atoms with Gasteiger partial charge in [-0.2, -0.15) is 13.2 Å². The number of ether oxygens (including phenoxy) is 2. The molecule has 0 saturated carbocycles. The van der Waals surface area contributed by atoms with Crippen molar-refractivity contribution in [3.8, 4) is 5.75 Å². The van der Waals surface area contributed by atoms with Gasteiger partial charge in [0.2, 0.25) is 0 Å². The van der Waals surface area contributed by atoms with Gasteiger partial charge in [0, 0.05) is 11.4 Å². The fourth-order valence-electron chi connectivity index (χ4n) is 1.35. The topological polar surface area (TPSA) is 44.5 Å². The zero-order valence-corrected chi connectivity index (χ0v) is 11.9. The Bertz CT molecular complexity index is 469. The molecule has 0 spiro atoms. The molecule has 3 nitrogen and oxygen atoms in total. The summed E-state index contributed by atoms with van der Waals surface area (Å²) in [6.07, 6.45) is -4.01. The van der Waals surface area contributed by atoms with Gasteiger partial charge in [0.25, 0.3) is 0 Å². The molecule has 0 atom stereocenters. The predicted octanol–water partition coefficient (Wildman–Crippen LogP) is 3.32. The van der Waals surface area contributed by atoms with E-state index in [1.807, 2.05) is 0 Å². The van der Waals surface area contributed by atoms with Gasteiger partial charge in [0.05, 0.1) is 18.8 Å². The van der Waals surface area contributed by atoms with E-state index in [1.54, 1.807) is 18.2 Å². The van der Waals surface area contributed by atoms with E-state index in [9.17, 15) is 13.2 Å². The Morgan fingerprint density at radius 1 is 1.30 bits per heavy atom. The molecule has 112 valence electrons. The van der Waals surface area contributed by atoms with Crippen LogP contribution in [0, 0.1) is 0 Å². The van der Waals surface area contributed by atoms with Crippen molar-refractivity contribution in [2.75, 3.05) is 19.8 Å². The normalized spacial score (nSPS) is 11.4. The van der Waals surface area contributed by atoms with Gasteiger partial charge in [-0.25, -0.2) is 0 Å². The summed E-state index contributed by atoms with van der Waals surface area (Å²) in [6, 6.07) is 4.79. The Hall–Kier alpha value is -1.05. The number of benzene rings is 1. The average molecular weight is 328 g/mol. The third-order valence-corrected chi connectivity index (χ3v) is 2.62. The summed E-state index contributed by atoms with van der Waals surface area (Å²) < 4.78 is 45.3. The van der Waals surface area contributed by atoms with Crippen LogP contribution in [0.25, 0.3) is 0 Å². The second-order valence-corrected chi connectivity index (χ2v) is 4.75. The highest BCUT2D eigenvalue weighted by molar-refractivity contribution is 7.80. The second kappa shape index (κ2) is 7.66. The summed E-state index contributed by atoms with van der Waals surface area (Å²) in [7, 11) is 0. The summed E-state index contributed by atoms with van der Waals surface area (Å²) >= 11 is 10.7. The Labute approximate surface area is 124 Å². The van der Waals surface area contributed by atoms with E-state index >= 15 is 0 Å². The first-order chi connectivity index (χ1) is 9.29. The van der Waals surface area contributed by atoms with E-state index in [0.29, 0.717) is 22.8 Å². The van der Waals surface area contributed by atoms with Crippen molar-refractivity contribution in [3.05, 3.63) is 28.8 Å². The van der Waals surface area contributed by atoms with Gasteiger partial charge in [-0.3, -0.25) is 0 Å². The van der Waals surface area contributed by atoms with Crippen LogP contribution in [0.1, 0.15) is 12.0 Å². The Balaban J connectivity index is 2.38. The average Bonchev–Trinajstić information content (AvgIpc) is 2.32. The standard InChI is InChI=1S/C12H13ClF3NO2S/c13-8-2-3-9(11(17)20)10(6-8)19-5-1-4-18-7-12(14,15)16/h2-3,6H,1,4-5,7H2,(H2,17,20).